The fourth-order valence-electron chi connectivity index (χ4n) is 3.66. The Morgan fingerprint density at radius 2 is 2.04 bits per heavy atom. The summed E-state index contributed by atoms with van der Waals surface area (Å²) < 4.78 is 6.97. The zero-order valence-corrected chi connectivity index (χ0v) is 16.1. The van der Waals surface area contributed by atoms with Crippen LogP contribution in [0.4, 0.5) is 0 Å². The van der Waals surface area contributed by atoms with Crippen LogP contribution in [0, 0.1) is 0 Å². The summed E-state index contributed by atoms with van der Waals surface area (Å²) in [6.07, 6.45) is 4.67. The number of amides is 2. The first kappa shape index (κ1) is 18.5. The number of hydrogen-bond donors (Lipinski definition) is 0. The monoisotopic (exact) mass is 383 g/mol. The van der Waals surface area contributed by atoms with Crippen molar-refractivity contribution < 1.29 is 14.3 Å². The average Bonchev–Trinajstić information content (AvgIpc) is 3.29. The highest BCUT2D eigenvalue weighted by Crippen LogP contribution is 2.22. The number of methoxy groups -OCH3 is 1. The Morgan fingerprint density at radius 1 is 1.25 bits per heavy atom. The van der Waals surface area contributed by atoms with E-state index >= 15 is 0 Å². The molecule has 0 spiro atoms. The van der Waals surface area contributed by atoms with Gasteiger partial charge in [0.25, 0.3) is 0 Å². The van der Waals surface area contributed by atoms with Gasteiger partial charge < -0.3 is 14.5 Å². The normalized spacial score (nSPS) is 17.1. The molecule has 1 aromatic heterocycles. The van der Waals surface area contributed by atoms with Gasteiger partial charge in [-0.15, -0.1) is 5.10 Å². The van der Waals surface area contributed by atoms with E-state index in [9.17, 15) is 9.59 Å². The van der Waals surface area contributed by atoms with E-state index in [-0.39, 0.29) is 17.9 Å². The lowest BCUT2D eigenvalue weighted by atomic mass is 10.1. The van der Waals surface area contributed by atoms with Crippen LogP contribution in [0.1, 0.15) is 36.6 Å². The van der Waals surface area contributed by atoms with E-state index in [1.54, 1.807) is 7.11 Å². The molecule has 2 fully saturated rings. The smallest absolute Gasteiger partial charge is 0.223 e. The Morgan fingerprint density at radius 3 is 2.71 bits per heavy atom. The lowest BCUT2D eigenvalue weighted by Crippen LogP contribution is -2.51. The van der Waals surface area contributed by atoms with E-state index in [1.165, 1.54) is 0 Å². The number of carbonyl (C=O) groups is 2. The Labute approximate surface area is 164 Å². The van der Waals surface area contributed by atoms with Gasteiger partial charge in [0, 0.05) is 32.5 Å². The van der Waals surface area contributed by atoms with E-state index in [0.717, 1.165) is 36.4 Å². The second-order valence-corrected chi connectivity index (χ2v) is 7.41. The van der Waals surface area contributed by atoms with E-state index in [2.05, 4.69) is 10.3 Å². The molecule has 148 valence electrons. The van der Waals surface area contributed by atoms with Crippen LogP contribution in [0.2, 0.25) is 0 Å². The fourth-order valence-corrected chi connectivity index (χ4v) is 3.66. The molecule has 0 radical (unpaired) electrons. The van der Waals surface area contributed by atoms with Crippen LogP contribution in [-0.2, 0) is 22.6 Å². The summed E-state index contributed by atoms with van der Waals surface area (Å²) in [7, 11) is 1.64. The predicted molar refractivity (Wildman–Crippen MR) is 102 cm³/mol. The van der Waals surface area contributed by atoms with Crippen LogP contribution in [0.25, 0.3) is 0 Å². The molecule has 2 aromatic rings. The quantitative estimate of drug-likeness (QED) is 0.722. The van der Waals surface area contributed by atoms with Gasteiger partial charge in [0.2, 0.25) is 11.8 Å². The molecule has 0 unspecified atom stereocenters. The summed E-state index contributed by atoms with van der Waals surface area (Å²) in [5.74, 6) is 1.17. The number of carbonyl (C=O) groups excluding carboxylic acids is 2. The molecule has 2 saturated heterocycles. The van der Waals surface area contributed by atoms with Gasteiger partial charge in [-0.3, -0.25) is 9.59 Å². The third-order valence-electron chi connectivity index (χ3n) is 5.46. The Balaban J connectivity index is 1.22. The minimum atomic E-state index is 0.162. The van der Waals surface area contributed by atoms with Crippen molar-refractivity contribution in [1.82, 2.24) is 24.8 Å². The second-order valence-electron chi connectivity index (χ2n) is 7.41. The van der Waals surface area contributed by atoms with Gasteiger partial charge in [-0.25, -0.2) is 4.68 Å². The predicted octanol–water partition coefficient (Wildman–Crippen LogP) is 1.43. The fraction of sp³-hybridized carbons (Fsp3) is 0.500. The number of benzene rings is 1. The molecule has 4 rings (SSSR count). The van der Waals surface area contributed by atoms with Gasteiger partial charge in [-0.2, -0.15) is 0 Å². The van der Waals surface area contributed by atoms with E-state index in [0.29, 0.717) is 32.5 Å². The number of ether oxygens (including phenoxy) is 1. The van der Waals surface area contributed by atoms with Crippen LogP contribution < -0.4 is 4.74 Å². The number of aromatic nitrogens is 3. The minimum Gasteiger partial charge on any atom is -0.497 e. The van der Waals surface area contributed by atoms with Crippen molar-refractivity contribution in [3.05, 3.63) is 41.7 Å². The molecular formula is C20H25N5O3. The molecule has 2 amide bonds. The molecule has 2 aliphatic heterocycles. The van der Waals surface area contributed by atoms with Crippen molar-refractivity contribution in [2.24, 2.45) is 0 Å². The number of likely N-dealkylation sites (tertiary alicyclic amines) is 2. The van der Waals surface area contributed by atoms with Crippen LogP contribution in [0.3, 0.4) is 0 Å². The first-order valence-electron chi connectivity index (χ1n) is 9.71. The minimum absolute atomic E-state index is 0.162. The van der Waals surface area contributed by atoms with Crippen molar-refractivity contribution in [2.45, 2.75) is 38.3 Å². The van der Waals surface area contributed by atoms with Crippen molar-refractivity contribution in [3.8, 4) is 5.75 Å². The SMILES string of the molecule is COc1ccc(CCC(=O)N2CC(n3cc(CN4CCCC4=O)nn3)C2)cc1. The zero-order valence-electron chi connectivity index (χ0n) is 16.1. The Kier molecular flexibility index (Phi) is 5.27. The van der Waals surface area contributed by atoms with Gasteiger partial charge >= 0.3 is 0 Å². The van der Waals surface area contributed by atoms with Crippen molar-refractivity contribution in [1.29, 1.82) is 0 Å². The molecule has 8 heteroatoms. The maximum Gasteiger partial charge on any atom is 0.223 e. The maximum atomic E-state index is 12.4. The van der Waals surface area contributed by atoms with Crippen molar-refractivity contribution in [3.63, 3.8) is 0 Å². The molecule has 1 aromatic carbocycles. The summed E-state index contributed by atoms with van der Waals surface area (Å²) in [6, 6.07) is 7.98. The molecule has 0 bridgehead atoms. The van der Waals surface area contributed by atoms with E-state index in [1.807, 2.05) is 44.9 Å². The zero-order chi connectivity index (χ0) is 19.5. The van der Waals surface area contributed by atoms with Gasteiger partial charge in [0.15, 0.2) is 0 Å². The summed E-state index contributed by atoms with van der Waals surface area (Å²) in [5, 5.41) is 8.37. The number of hydrogen-bond acceptors (Lipinski definition) is 5. The van der Waals surface area contributed by atoms with E-state index in [4.69, 9.17) is 4.74 Å². The molecule has 28 heavy (non-hydrogen) atoms. The van der Waals surface area contributed by atoms with Gasteiger partial charge in [-0.1, -0.05) is 17.3 Å². The average molecular weight is 383 g/mol. The van der Waals surface area contributed by atoms with Gasteiger partial charge in [0.05, 0.1) is 25.9 Å². The largest absolute Gasteiger partial charge is 0.497 e. The molecule has 0 aliphatic carbocycles. The Bertz CT molecular complexity index is 842. The summed E-state index contributed by atoms with van der Waals surface area (Å²) >= 11 is 0. The molecule has 2 aliphatic rings. The maximum absolute atomic E-state index is 12.4. The first-order chi connectivity index (χ1) is 13.6. The highest BCUT2D eigenvalue weighted by Gasteiger charge is 2.32. The van der Waals surface area contributed by atoms with Crippen LogP contribution >= 0.6 is 0 Å². The van der Waals surface area contributed by atoms with Crippen molar-refractivity contribution >= 4 is 11.8 Å². The number of nitrogens with zero attached hydrogens (tertiary/aromatic N) is 5. The van der Waals surface area contributed by atoms with Gasteiger partial charge in [-0.05, 0) is 30.5 Å². The van der Waals surface area contributed by atoms with Crippen LogP contribution in [0.5, 0.6) is 5.75 Å². The van der Waals surface area contributed by atoms with Crippen LogP contribution in [-0.4, -0.2) is 63.4 Å². The summed E-state index contributed by atoms with van der Waals surface area (Å²) in [4.78, 5) is 27.8. The third kappa shape index (κ3) is 4.00. The standard InChI is InChI=1S/C20H25N5O3/c1-28-18-7-4-15(5-8-18)6-9-20(27)24-13-17(14-24)25-12-16(21-22-25)11-23-10-2-3-19(23)26/h4-5,7-8,12,17H,2-3,6,9-11,13-14H2,1H3. The molecule has 0 N–H and O–H groups in total. The summed E-state index contributed by atoms with van der Waals surface area (Å²) in [5.41, 5.74) is 1.93. The molecule has 3 heterocycles. The lowest BCUT2D eigenvalue weighted by Gasteiger charge is -2.39. The highest BCUT2D eigenvalue weighted by atomic mass is 16.5. The Hall–Kier alpha value is -2.90. The number of aryl methyl sites for hydroxylation is 1. The van der Waals surface area contributed by atoms with Crippen molar-refractivity contribution in [2.75, 3.05) is 26.7 Å². The van der Waals surface area contributed by atoms with Crippen LogP contribution in [0.15, 0.2) is 30.5 Å². The first-order valence-corrected chi connectivity index (χ1v) is 9.71. The topological polar surface area (TPSA) is 80.6 Å². The number of rotatable bonds is 7. The van der Waals surface area contributed by atoms with Gasteiger partial charge in [0.1, 0.15) is 11.4 Å². The molecule has 8 nitrogen and oxygen atoms in total. The second kappa shape index (κ2) is 8.00. The molecule has 0 atom stereocenters. The molecule has 0 saturated carbocycles. The third-order valence-corrected chi connectivity index (χ3v) is 5.46. The summed E-state index contributed by atoms with van der Waals surface area (Å²) in [6.45, 7) is 2.64. The molecular weight excluding hydrogens is 358 g/mol. The van der Waals surface area contributed by atoms with E-state index < -0.39 is 0 Å². The highest BCUT2D eigenvalue weighted by molar-refractivity contribution is 5.78. The lowest BCUT2D eigenvalue weighted by molar-refractivity contribution is -0.137.